The number of aliphatic hydroxyl groups is 1. The van der Waals surface area contributed by atoms with Crippen molar-refractivity contribution in [2.75, 3.05) is 28.6 Å². The van der Waals surface area contributed by atoms with Crippen molar-refractivity contribution >= 4 is 40.6 Å². The summed E-state index contributed by atoms with van der Waals surface area (Å²) in [5.41, 5.74) is -2.86. The van der Waals surface area contributed by atoms with Crippen molar-refractivity contribution in [3.8, 4) is 5.75 Å². The van der Waals surface area contributed by atoms with E-state index in [1.807, 2.05) is 4.90 Å². The maximum absolute atomic E-state index is 13.1. The number of anilines is 3. The molecule has 2 fully saturated rings. The van der Waals surface area contributed by atoms with Gasteiger partial charge in [0.15, 0.2) is 5.82 Å². The van der Waals surface area contributed by atoms with Gasteiger partial charge in [0.05, 0.1) is 17.4 Å². The Balaban J connectivity index is 1.51. The van der Waals surface area contributed by atoms with E-state index in [0.29, 0.717) is 36.7 Å². The summed E-state index contributed by atoms with van der Waals surface area (Å²) in [6.45, 7) is 0.975. The van der Waals surface area contributed by atoms with Crippen molar-refractivity contribution < 1.29 is 28.2 Å². The van der Waals surface area contributed by atoms with Crippen molar-refractivity contribution in [2.24, 2.45) is 5.92 Å². The molecule has 0 spiro atoms. The van der Waals surface area contributed by atoms with E-state index in [9.17, 15) is 23.5 Å². The molecule has 1 atom stereocenters. The zero-order valence-corrected chi connectivity index (χ0v) is 20.4. The highest BCUT2D eigenvalue weighted by Crippen LogP contribution is 2.31. The molecule has 1 unspecified atom stereocenters. The zero-order valence-electron chi connectivity index (χ0n) is 19.7. The molecular formula is C25H29ClF2N4O4. The van der Waals surface area contributed by atoms with E-state index in [4.69, 9.17) is 11.6 Å². The second kappa shape index (κ2) is 11.4. The van der Waals surface area contributed by atoms with Gasteiger partial charge in [-0.1, -0.05) is 25.7 Å². The molecule has 2 amide bonds. The van der Waals surface area contributed by atoms with Crippen LogP contribution in [-0.4, -0.2) is 46.7 Å². The number of benzene rings is 1. The van der Waals surface area contributed by atoms with E-state index in [2.05, 4.69) is 20.4 Å². The average Bonchev–Trinajstić information content (AvgIpc) is 3.08. The number of aromatic nitrogens is 1. The molecule has 11 heteroatoms. The summed E-state index contributed by atoms with van der Waals surface area (Å²) in [5, 5.41) is 15.6. The van der Waals surface area contributed by atoms with E-state index in [0.717, 1.165) is 38.5 Å². The molecule has 194 valence electrons. The Bertz CT molecular complexity index is 1070. The van der Waals surface area contributed by atoms with Crippen LogP contribution in [0.15, 0.2) is 36.5 Å². The molecule has 3 N–H and O–H groups in total. The molecule has 2 aliphatic rings. The second-order valence-electron chi connectivity index (χ2n) is 9.19. The fraction of sp³-hybridized carbons (Fsp3) is 0.480. The summed E-state index contributed by atoms with van der Waals surface area (Å²) < 4.78 is 29.9. The van der Waals surface area contributed by atoms with Gasteiger partial charge in [-0.2, -0.15) is 0 Å². The number of amides is 2. The minimum atomic E-state index is -3.83. The highest BCUT2D eigenvalue weighted by molar-refractivity contribution is 6.20. The standard InChI is InChI=1S/C25H29ClF2N4O4/c26-25(27,28)36-20-9-7-18(8-10-20)30-24(35)17-13-21(22(29-14-17)32-12-11-19(33)15-32)31-23(34)16-5-3-1-2-4-6-16/h7-10,13-14,16,19,33H,1-6,11-12,15H2,(H,30,35)(H,31,34). The Kier molecular flexibility index (Phi) is 8.25. The molecule has 2 heterocycles. The molecule has 0 bridgehead atoms. The molecule has 1 aliphatic heterocycles. The van der Waals surface area contributed by atoms with Gasteiger partial charge in [0.2, 0.25) is 5.91 Å². The second-order valence-corrected chi connectivity index (χ2v) is 9.63. The molecule has 8 nitrogen and oxygen atoms in total. The SMILES string of the molecule is O=C(Nc1ccc(OC(F)(F)Cl)cc1)c1cnc(N2CCC(O)C2)c(NC(=O)C2CCCCCC2)c1. The van der Waals surface area contributed by atoms with Crippen LogP contribution in [0.3, 0.4) is 0 Å². The van der Waals surface area contributed by atoms with Crippen LogP contribution in [-0.2, 0) is 4.79 Å². The lowest BCUT2D eigenvalue weighted by molar-refractivity contribution is -0.120. The number of aliphatic hydroxyl groups excluding tert-OH is 1. The van der Waals surface area contributed by atoms with Crippen LogP contribution in [0, 0.1) is 5.92 Å². The van der Waals surface area contributed by atoms with E-state index in [-0.39, 0.29) is 23.1 Å². The molecule has 2 aromatic rings. The topological polar surface area (TPSA) is 104 Å². The van der Waals surface area contributed by atoms with Crippen molar-refractivity contribution in [2.45, 2.75) is 56.6 Å². The van der Waals surface area contributed by atoms with Gasteiger partial charge in [0.25, 0.3) is 5.91 Å². The number of nitrogens with one attached hydrogen (secondary N) is 2. The van der Waals surface area contributed by atoms with Crippen LogP contribution in [0.25, 0.3) is 0 Å². The highest BCUT2D eigenvalue weighted by atomic mass is 35.5. The molecule has 1 aliphatic carbocycles. The van der Waals surface area contributed by atoms with E-state index < -0.39 is 17.6 Å². The molecule has 1 saturated heterocycles. The minimum absolute atomic E-state index is 0.0936. The third-order valence-corrected chi connectivity index (χ3v) is 6.50. The van der Waals surface area contributed by atoms with E-state index >= 15 is 0 Å². The van der Waals surface area contributed by atoms with Crippen molar-refractivity contribution in [1.82, 2.24) is 4.98 Å². The maximum atomic E-state index is 13.1. The predicted molar refractivity (Wildman–Crippen MR) is 133 cm³/mol. The third-order valence-electron chi connectivity index (χ3n) is 6.42. The number of nitrogens with zero attached hydrogens (tertiary/aromatic N) is 2. The fourth-order valence-corrected chi connectivity index (χ4v) is 4.67. The third kappa shape index (κ3) is 7.04. The van der Waals surface area contributed by atoms with Crippen molar-refractivity contribution in [3.05, 3.63) is 42.1 Å². The lowest BCUT2D eigenvalue weighted by Crippen LogP contribution is -2.27. The smallest absolute Gasteiger partial charge is 0.420 e. The first-order valence-electron chi connectivity index (χ1n) is 12.1. The molecule has 1 aromatic carbocycles. The Morgan fingerprint density at radius 1 is 1.08 bits per heavy atom. The van der Waals surface area contributed by atoms with Crippen LogP contribution in [0.1, 0.15) is 55.3 Å². The fourth-order valence-electron chi connectivity index (χ4n) is 4.58. The number of alkyl halides is 3. The van der Waals surface area contributed by atoms with Gasteiger partial charge in [-0.25, -0.2) is 4.98 Å². The van der Waals surface area contributed by atoms with Crippen LogP contribution >= 0.6 is 11.6 Å². The first-order chi connectivity index (χ1) is 17.2. The number of hydrogen-bond acceptors (Lipinski definition) is 6. The Hall–Kier alpha value is -2.98. The normalized spacial score (nSPS) is 19.0. The Morgan fingerprint density at radius 3 is 2.39 bits per heavy atom. The van der Waals surface area contributed by atoms with Crippen LogP contribution in [0.5, 0.6) is 5.75 Å². The maximum Gasteiger partial charge on any atom is 0.487 e. The van der Waals surface area contributed by atoms with Gasteiger partial charge in [-0.05, 0) is 49.6 Å². The van der Waals surface area contributed by atoms with Crippen LogP contribution in [0.4, 0.5) is 26.0 Å². The van der Waals surface area contributed by atoms with Gasteiger partial charge < -0.3 is 25.4 Å². The van der Waals surface area contributed by atoms with Gasteiger partial charge >= 0.3 is 5.57 Å². The first kappa shape index (κ1) is 26.1. The summed E-state index contributed by atoms with van der Waals surface area (Å²) in [6, 6.07) is 6.88. The number of ether oxygens (including phenoxy) is 1. The Morgan fingerprint density at radius 2 is 1.78 bits per heavy atom. The molecule has 1 saturated carbocycles. The summed E-state index contributed by atoms with van der Waals surface area (Å²) >= 11 is 4.77. The lowest BCUT2D eigenvalue weighted by Gasteiger charge is -2.22. The molecule has 4 rings (SSSR count). The minimum Gasteiger partial charge on any atom is -0.420 e. The number of halogens is 3. The first-order valence-corrected chi connectivity index (χ1v) is 12.5. The summed E-state index contributed by atoms with van der Waals surface area (Å²) in [4.78, 5) is 32.3. The molecular weight excluding hydrogens is 494 g/mol. The monoisotopic (exact) mass is 522 g/mol. The van der Waals surface area contributed by atoms with Crippen LogP contribution in [0.2, 0.25) is 0 Å². The quantitative estimate of drug-likeness (QED) is 0.350. The zero-order chi connectivity index (χ0) is 25.7. The number of pyridine rings is 1. The van der Waals surface area contributed by atoms with Gasteiger partial charge in [-0.15, -0.1) is 8.78 Å². The summed E-state index contributed by atoms with van der Waals surface area (Å²) in [5.74, 6) is -0.326. The predicted octanol–water partition coefficient (Wildman–Crippen LogP) is 4.98. The number of carbonyl (C=O) groups excluding carboxylic acids is 2. The highest BCUT2D eigenvalue weighted by Gasteiger charge is 2.28. The molecule has 0 radical (unpaired) electrons. The van der Waals surface area contributed by atoms with E-state index in [1.165, 1.54) is 30.5 Å². The number of β-amino-alcohol motifs (C(OH)–C–C–N with tert-alkyl or cyclic N) is 1. The van der Waals surface area contributed by atoms with Crippen molar-refractivity contribution in [1.29, 1.82) is 0 Å². The van der Waals surface area contributed by atoms with Gasteiger partial charge in [0, 0.05) is 42.5 Å². The summed E-state index contributed by atoms with van der Waals surface area (Å²) in [6.07, 6.45) is 7.44. The van der Waals surface area contributed by atoms with Crippen molar-refractivity contribution in [3.63, 3.8) is 0 Å². The molecule has 36 heavy (non-hydrogen) atoms. The number of carbonyl (C=O) groups is 2. The number of rotatable bonds is 7. The Labute approximate surface area is 213 Å². The average molecular weight is 523 g/mol. The van der Waals surface area contributed by atoms with Gasteiger partial charge in [-0.3, -0.25) is 9.59 Å². The molecule has 1 aromatic heterocycles. The largest absolute Gasteiger partial charge is 0.487 e. The van der Waals surface area contributed by atoms with E-state index in [1.54, 1.807) is 6.07 Å². The van der Waals surface area contributed by atoms with Gasteiger partial charge in [0.1, 0.15) is 5.75 Å². The summed E-state index contributed by atoms with van der Waals surface area (Å²) in [7, 11) is 0. The van der Waals surface area contributed by atoms with Crippen LogP contribution < -0.4 is 20.3 Å². The lowest BCUT2D eigenvalue weighted by atomic mass is 9.99. The number of hydrogen-bond donors (Lipinski definition) is 3.